The highest BCUT2D eigenvalue weighted by molar-refractivity contribution is 7.11. The smallest absolute Gasteiger partial charge is 0.140 e. The van der Waals surface area contributed by atoms with Gasteiger partial charge < -0.3 is 10.5 Å². The average molecular weight is 290 g/mol. The number of ether oxygens (including phenoxy) is 1. The Balaban J connectivity index is 2.15. The fourth-order valence-electron chi connectivity index (χ4n) is 2.04. The molecule has 0 spiro atoms. The second-order valence-corrected chi connectivity index (χ2v) is 7.06. The van der Waals surface area contributed by atoms with Crippen molar-refractivity contribution in [2.45, 2.75) is 46.3 Å². The van der Waals surface area contributed by atoms with E-state index in [4.69, 9.17) is 15.5 Å². The summed E-state index contributed by atoms with van der Waals surface area (Å²) in [6, 6.07) is 8.02. The summed E-state index contributed by atoms with van der Waals surface area (Å²) >= 11 is 1.65. The number of benzene rings is 1. The van der Waals surface area contributed by atoms with Crippen LogP contribution in [0.25, 0.3) is 0 Å². The molecule has 20 heavy (non-hydrogen) atoms. The summed E-state index contributed by atoms with van der Waals surface area (Å²) in [5.74, 6) is 0.911. The molecule has 4 heteroatoms. The molecule has 108 valence electrons. The third kappa shape index (κ3) is 3.38. The highest BCUT2D eigenvalue weighted by Gasteiger charge is 2.22. The van der Waals surface area contributed by atoms with Crippen LogP contribution < -0.4 is 10.5 Å². The highest BCUT2D eigenvalue weighted by atomic mass is 32.1. The number of para-hydroxylation sites is 1. The maximum atomic E-state index is 5.86. The third-order valence-electron chi connectivity index (χ3n) is 3.08. The van der Waals surface area contributed by atoms with Crippen molar-refractivity contribution in [1.82, 2.24) is 4.98 Å². The van der Waals surface area contributed by atoms with Gasteiger partial charge >= 0.3 is 0 Å². The molecule has 2 aromatic rings. The predicted molar refractivity (Wildman–Crippen MR) is 84.2 cm³/mol. The van der Waals surface area contributed by atoms with Gasteiger partial charge in [0.1, 0.15) is 17.4 Å². The number of aromatic nitrogens is 1. The van der Waals surface area contributed by atoms with Crippen molar-refractivity contribution >= 4 is 11.3 Å². The van der Waals surface area contributed by atoms with Crippen molar-refractivity contribution in [3.63, 3.8) is 0 Å². The molecule has 0 amide bonds. The lowest BCUT2D eigenvalue weighted by atomic mass is 9.91. The van der Waals surface area contributed by atoms with Crippen LogP contribution in [0.3, 0.4) is 0 Å². The Kier molecular flexibility index (Phi) is 4.45. The van der Waals surface area contributed by atoms with Gasteiger partial charge in [0.25, 0.3) is 0 Å². The van der Waals surface area contributed by atoms with Crippen molar-refractivity contribution < 1.29 is 4.74 Å². The summed E-state index contributed by atoms with van der Waals surface area (Å²) in [6.07, 6.45) is 0. The van der Waals surface area contributed by atoms with Crippen LogP contribution in [-0.2, 0) is 18.6 Å². The van der Waals surface area contributed by atoms with Crippen LogP contribution >= 0.6 is 11.3 Å². The molecule has 2 rings (SSSR count). The second-order valence-electron chi connectivity index (χ2n) is 5.89. The fraction of sp³-hybridized carbons (Fsp3) is 0.438. The summed E-state index contributed by atoms with van der Waals surface area (Å²) in [4.78, 5) is 5.86. The molecule has 0 fully saturated rings. The molecule has 1 heterocycles. The summed E-state index contributed by atoms with van der Waals surface area (Å²) in [7, 11) is 0. The molecule has 2 N–H and O–H groups in total. The number of aryl methyl sites for hydroxylation is 1. The van der Waals surface area contributed by atoms with Crippen LogP contribution in [0.15, 0.2) is 24.3 Å². The fourth-order valence-corrected chi connectivity index (χ4v) is 3.12. The van der Waals surface area contributed by atoms with E-state index >= 15 is 0 Å². The molecule has 0 radical (unpaired) electrons. The van der Waals surface area contributed by atoms with Gasteiger partial charge in [0.15, 0.2) is 0 Å². The van der Waals surface area contributed by atoms with E-state index in [2.05, 4.69) is 20.8 Å². The van der Waals surface area contributed by atoms with Gasteiger partial charge in [-0.15, -0.1) is 11.3 Å². The molecule has 3 nitrogen and oxygen atoms in total. The van der Waals surface area contributed by atoms with E-state index in [1.54, 1.807) is 11.3 Å². The Morgan fingerprint density at radius 2 is 1.95 bits per heavy atom. The number of rotatable bonds is 4. The van der Waals surface area contributed by atoms with E-state index in [9.17, 15) is 0 Å². The Morgan fingerprint density at radius 3 is 2.50 bits per heavy atom. The van der Waals surface area contributed by atoms with Gasteiger partial charge in [0.2, 0.25) is 0 Å². The minimum Gasteiger partial charge on any atom is -0.486 e. The molecule has 0 aliphatic heterocycles. The van der Waals surface area contributed by atoms with Crippen LogP contribution in [0.5, 0.6) is 5.75 Å². The Hall–Kier alpha value is -1.39. The number of nitrogens with zero attached hydrogens (tertiary/aromatic N) is 1. The number of hydrogen-bond acceptors (Lipinski definition) is 4. The van der Waals surface area contributed by atoms with Crippen molar-refractivity contribution in [1.29, 1.82) is 0 Å². The molecular weight excluding hydrogens is 268 g/mol. The Labute approximate surface area is 124 Å². The van der Waals surface area contributed by atoms with E-state index in [0.29, 0.717) is 13.2 Å². The van der Waals surface area contributed by atoms with E-state index in [-0.39, 0.29) is 5.41 Å². The lowest BCUT2D eigenvalue weighted by Gasteiger charge is -2.16. The summed E-state index contributed by atoms with van der Waals surface area (Å²) in [5.41, 5.74) is 8.07. The van der Waals surface area contributed by atoms with Gasteiger partial charge in [-0.05, 0) is 18.6 Å². The quantitative estimate of drug-likeness (QED) is 0.932. The highest BCUT2D eigenvalue weighted by Crippen LogP contribution is 2.30. The number of hydrogen-bond donors (Lipinski definition) is 1. The van der Waals surface area contributed by atoms with Crippen molar-refractivity contribution in [2.75, 3.05) is 0 Å². The minimum absolute atomic E-state index is 0.0200. The van der Waals surface area contributed by atoms with E-state index < -0.39 is 0 Å². The predicted octanol–water partition coefficient (Wildman–Crippen LogP) is 3.79. The van der Waals surface area contributed by atoms with Gasteiger partial charge in [-0.1, -0.05) is 39.0 Å². The van der Waals surface area contributed by atoms with Gasteiger partial charge in [-0.25, -0.2) is 4.98 Å². The minimum atomic E-state index is 0.0200. The summed E-state index contributed by atoms with van der Waals surface area (Å²) < 4.78 is 5.86. The van der Waals surface area contributed by atoms with Crippen LogP contribution in [0.4, 0.5) is 0 Å². The van der Waals surface area contributed by atoms with E-state index in [1.165, 1.54) is 0 Å². The molecule has 0 saturated carbocycles. The Morgan fingerprint density at radius 1 is 1.25 bits per heavy atom. The van der Waals surface area contributed by atoms with Gasteiger partial charge in [-0.2, -0.15) is 0 Å². The average Bonchev–Trinajstić information content (AvgIpc) is 2.81. The van der Waals surface area contributed by atoms with Crippen molar-refractivity contribution in [3.05, 3.63) is 45.4 Å². The van der Waals surface area contributed by atoms with Gasteiger partial charge in [-0.3, -0.25) is 0 Å². The molecule has 0 atom stereocenters. The Bertz CT molecular complexity index is 584. The van der Waals surface area contributed by atoms with E-state index in [0.717, 1.165) is 26.9 Å². The zero-order valence-corrected chi connectivity index (χ0v) is 13.4. The lowest BCUT2D eigenvalue weighted by molar-refractivity contribution is 0.303. The first-order valence-electron chi connectivity index (χ1n) is 6.79. The molecule has 0 aliphatic carbocycles. The molecule has 1 aromatic carbocycles. The second kappa shape index (κ2) is 5.94. The standard InChI is InChI=1S/C16H22N2OS/c1-11-7-5-6-8-12(11)19-10-14-18-15(16(2,3)4)13(9-17)20-14/h5-8H,9-10,17H2,1-4H3. The maximum absolute atomic E-state index is 5.86. The first kappa shape index (κ1) is 15.0. The van der Waals surface area contributed by atoms with Crippen LogP contribution in [0.2, 0.25) is 0 Å². The largest absolute Gasteiger partial charge is 0.486 e. The zero-order chi connectivity index (χ0) is 14.8. The molecule has 0 saturated heterocycles. The van der Waals surface area contributed by atoms with Crippen molar-refractivity contribution in [3.8, 4) is 5.75 Å². The van der Waals surface area contributed by atoms with Gasteiger partial charge in [0.05, 0.1) is 5.69 Å². The molecule has 0 bridgehead atoms. The molecular formula is C16H22N2OS. The molecule has 1 aromatic heterocycles. The normalized spacial score (nSPS) is 11.7. The summed E-state index contributed by atoms with van der Waals surface area (Å²) in [5, 5.41) is 0.985. The summed E-state index contributed by atoms with van der Waals surface area (Å²) in [6.45, 7) is 9.56. The number of thiazole rings is 1. The molecule has 0 unspecified atom stereocenters. The lowest BCUT2D eigenvalue weighted by Crippen LogP contribution is -2.15. The topological polar surface area (TPSA) is 48.1 Å². The van der Waals surface area contributed by atoms with Crippen LogP contribution in [0.1, 0.15) is 41.9 Å². The zero-order valence-electron chi connectivity index (χ0n) is 12.6. The maximum Gasteiger partial charge on any atom is 0.140 e. The van der Waals surface area contributed by atoms with Crippen LogP contribution in [-0.4, -0.2) is 4.98 Å². The first-order valence-corrected chi connectivity index (χ1v) is 7.61. The SMILES string of the molecule is Cc1ccccc1OCc1nc(C(C)(C)C)c(CN)s1. The van der Waals surface area contributed by atoms with E-state index in [1.807, 2.05) is 31.2 Å². The van der Waals surface area contributed by atoms with Crippen molar-refractivity contribution in [2.24, 2.45) is 5.73 Å². The van der Waals surface area contributed by atoms with Gasteiger partial charge in [0, 0.05) is 16.8 Å². The number of nitrogens with two attached hydrogens (primary N) is 1. The molecule has 0 aliphatic rings. The first-order chi connectivity index (χ1) is 9.41. The third-order valence-corrected chi connectivity index (χ3v) is 4.13. The monoisotopic (exact) mass is 290 g/mol. The van der Waals surface area contributed by atoms with Crippen LogP contribution in [0, 0.1) is 6.92 Å².